The molecule has 1 aliphatic rings. The van der Waals surface area contributed by atoms with Crippen molar-refractivity contribution in [2.75, 3.05) is 20.2 Å². The molecule has 0 aromatic heterocycles. The number of aliphatic carboxylic acids is 1. The number of sulfonamides is 1. The molecule has 26 heavy (non-hydrogen) atoms. The van der Waals surface area contributed by atoms with Crippen LogP contribution in [0.4, 0.5) is 0 Å². The van der Waals surface area contributed by atoms with E-state index in [-0.39, 0.29) is 28.2 Å². The van der Waals surface area contributed by atoms with E-state index in [2.05, 4.69) is 4.72 Å². The third-order valence-corrected chi connectivity index (χ3v) is 5.90. The number of hydrogen-bond acceptors (Lipinski definition) is 5. The van der Waals surface area contributed by atoms with Gasteiger partial charge < -0.3 is 14.7 Å². The molecule has 1 aromatic rings. The molecule has 2 N–H and O–H groups in total. The number of nitrogens with one attached hydrogen (secondary N) is 1. The number of carboxylic acid groups (broad SMARTS) is 1. The number of carbonyl (C=O) groups excluding carboxylic acids is 1. The molecule has 1 saturated heterocycles. The molecule has 144 valence electrons. The summed E-state index contributed by atoms with van der Waals surface area (Å²) in [6.07, 6.45) is 0.772. The lowest BCUT2D eigenvalue weighted by atomic mass is 9.96. The van der Waals surface area contributed by atoms with Crippen molar-refractivity contribution in [2.45, 2.75) is 37.6 Å². The SMILES string of the molecule is COc1ccc(C(=O)N2CCC(C(=O)O)CC2)cc1S(=O)(=O)NC(C)C. The van der Waals surface area contributed by atoms with Crippen molar-refractivity contribution in [3.63, 3.8) is 0 Å². The molecule has 0 atom stereocenters. The number of hydrogen-bond donors (Lipinski definition) is 2. The van der Waals surface area contributed by atoms with Gasteiger partial charge in [0.25, 0.3) is 5.91 Å². The van der Waals surface area contributed by atoms with Gasteiger partial charge in [-0.25, -0.2) is 13.1 Å². The molecule has 0 unspecified atom stereocenters. The van der Waals surface area contributed by atoms with E-state index in [9.17, 15) is 18.0 Å². The molecule has 0 radical (unpaired) electrons. The van der Waals surface area contributed by atoms with Gasteiger partial charge in [0.1, 0.15) is 10.6 Å². The number of methoxy groups -OCH3 is 1. The lowest BCUT2D eigenvalue weighted by Gasteiger charge is -2.30. The van der Waals surface area contributed by atoms with Crippen LogP contribution in [0.15, 0.2) is 23.1 Å². The zero-order valence-corrected chi connectivity index (χ0v) is 15.9. The van der Waals surface area contributed by atoms with Crippen molar-refractivity contribution in [3.05, 3.63) is 23.8 Å². The molecule has 0 spiro atoms. The van der Waals surface area contributed by atoms with Crippen LogP contribution in [-0.2, 0) is 14.8 Å². The fraction of sp³-hybridized carbons (Fsp3) is 0.529. The van der Waals surface area contributed by atoms with Gasteiger partial charge in [0.05, 0.1) is 13.0 Å². The summed E-state index contributed by atoms with van der Waals surface area (Å²) in [6.45, 7) is 4.06. The molecule has 1 amide bonds. The maximum atomic E-state index is 12.7. The van der Waals surface area contributed by atoms with Crippen LogP contribution in [0.3, 0.4) is 0 Å². The third-order valence-electron chi connectivity index (χ3n) is 4.22. The van der Waals surface area contributed by atoms with Gasteiger partial charge in [0.2, 0.25) is 10.0 Å². The summed E-state index contributed by atoms with van der Waals surface area (Å²) in [5, 5.41) is 9.04. The van der Waals surface area contributed by atoms with Crippen molar-refractivity contribution in [1.29, 1.82) is 0 Å². The molecule has 0 aliphatic carbocycles. The average molecular weight is 384 g/mol. The van der Waals surface area contributed by atoms with E-state index in [4.69, 9.17) is 9.84 Å². The summed E-state index contributed by atoms with van der Waals surface area (Å²) < 4.78 is 32.6. The molecule has 1 aliphatic heterocycles. The Morgan fingerprint density at radius 2 is 1.88 bits per heavy atom. The fourth-order valence-corrected chi connectivity index (χ4v) is 4.35. The summed E-state index contributed by atoms with van der Waals surface area (Å²) in [5.74, 6) is -1.47. The minimum absolute atomic E-state index is 0.0972. The van der Waals surface area contributed by atoms with Gasteiger partial charge in [-0.2, -0.15) is 0 Å². The van der Waals surface area contributed by atoms with Crippen molar-refractivity contribution >= 4 is 21.9 Å². The second kappa shape index (κ2) is 8.05. The van der Waals surface area contributed by atoms with Crippen LogP contribution in [0.5, 0.6) is 5.75 Å². The number of carboxylic acids is 1. The molecule has 0 saturated carbocycles. The number of carbonyl (C=O) groups is 2. The number of benzene rings is 1. The topological polar surface area (TPSA) is 113 Å². The van der Waals surface area contributed by atoms with Crippen LogP contribution in [0.2, 0.25) is 0 Å². The Labute approximate surface area is 153 Å². The third kappa shape index (κ3) is 4.53. The Bertz CT molecular complexity index is 782. The van der Waals surface area contributed by atoms with Gasteiger partial charge in [-0.15, -0.1) is 0 Å². The lowest BCUT2D eigenvalue weighted by Crippen LogP contribution is -2.40. The van der Waals surface area contributed by atoms with E-state index in [0.29, 0.717) is 25.9 Å². The van der Waals surface area contributed by atoms with Gasteiger partial charge in [0.15, 0.2) is 0 Å². The number of ether oxygens (including phenoxy) is 1. The van der Waals surface area contributed by atoms with E-state index in [0.717, 1.165) is 0 Å². The van der Waals surface area contributed by atoms with Gasteiger partial charge in [-0.05, 0) is 44.9 Å². The van der Waals surface area contributed by atoms with Crippen molar-refractivity contribution < 1.29 is 27.9 Å². The highest BCUT2D eigenvalue weighted by molar-refractivity contribution is 7.89. The highest BCUT2D eigenvalue weighted by Gasteiger charge is 2.29. The normalized spacial score (nSPS) is 15.9. The number of nitrogens with zero attached hydrogens (tertiary/aromatic N) is 1. The minimum Gasteiger partial charge on any atom is -0.495 e. The highest BCUT2D eigenvalue weighted by Crippen LogP contribution is 2.27. The minimum atomic E-state index is -3.83. The first-order chi connectivity index (χ1) is 12.2. The van der Waals surface area contributed by atoms with Gasteiger partial charge in [-0.3, -0.25) is 9.59 Å². The quantitative estimate of drug-likeness (QED) is 0.765. The number of likely N-dealkylation sites (tertiary alicyclic amines) is 1. The fourth-order valence-electron chi connectivity index (χ4n) is 2.91. The maximum absolute atomic E-state index is 12.7. The van der Waals surface area contributed by atoms with Crippen molar-refractivity contribution in [3.8, 4) is 5.75 Å². The van der Waals surface area contributed by atoms with Crippen LogP contribution in [0.25, 0.3) is 0 Å². The van der Waals surface area contributed by atoms with E-state index >= 15 is 0 Å². The zero-order chi connectivity index (χ0) is 19.5. The Hall–Kier alpha value is -2.13. The zero-order valence-electron chi connectivity index (χ0n) is 15.1. The molecular weight excluding hydrogens is 360 g/mol. The molecule has 1 aromatic carbocycles. The van der Waals surface area contributed by atoms with E-state index in [1.165, 1.54) is 25.3 Å². The van der Waals surface area contributed by atoms with Crippen LogP contribution in [0, 0.1) is 5.92 Å². The summed E-state index contributed by atoms with van der Waals surface area (Å²) in [5.41, 5.74) is 0.226. The average Bonchev–Trinajstić information content (AvgIpc) is 2.59. The molecule has 1 fully saturated rings. The first-order valence-corrected chi connectivity index (χ1v) is 9.86. The summed E-state index contributed by atoms with van der Waals surface area (Å²) in [6, 6.07) is 3.96. The summed E-state index contributed by atoms with van der Waals surface area (Å²) in [4.78, 5) is 25.2. The van der Waals surface area contributed by atoms with Gasteiger partial charge >= 0.3 is 5.97 Å². The largest absolute Gasteiger partial charge is 0.495 e. The molecule has 8 nitrogen and oxygen atoms in total. The smallest absolute Gasteiger partial charge is 0.306 e. The predicted molar refractivity (Wildman–Crippen MR) is 94.7 cm³/mol. The van der Waals surface area contributed by atoms with Crippen LogP contribution in [0.1, 0.15) is 37.0 Å². The van der Waals surface area contributed by atoms with E-state index in [1.807, 2.05) is 0 Å². The number of piperidine rings is 1. The second-order valence-corrected chi connectivity index (χ2v) is 8.23. The van der Waals surface area contributed by atoms with Gasteiger partial charge in [-0.1, -0.05) is 0 Å². The van der Waals surface area contributed by atoms with E-state index in [1.54, 1.807) is 18.7 Å². The first kappa shape index (κ1) is 20.2. The Kier molecular flexibility index (Phi) is 6.25. The number of amides is 1. The summed E-state index contributed by atoms with van der Waals surface area (Å²) >= 11 is 0. The molecule has 1 heterocycles. The Morgan fingerprint density at radius 3 is 2.38 bits per heavy atom. The van der Waals surface area contributed by atoms with Crippen LogP contribution in [-0.4, -0.2) is 56.5 Å². The monoisotopic (exact) mass is 384 g/mol. The first-order valence-electron chi connectivity index (χ1n) is 8.38. The van der Waals surface area contributed by atoms with E-state index < -0.39 is 21.9 Å². The molecule has 0 bridgehead atoms. The molecule has 9 heteroatoms. The maximum Gasteiger partial charge on any atom is 0.306 e. The molecule has 2 rings (SSSR count). The predicted octanol–water partition coefficient (Wildman–Crippen LogP) is 1.32. The Balaban J connectivity index is 2.27. The standard InChI is InChI=1S/C17H24N2O6S/c1-11(2)18-26(23,24)15-10-13(4-5-14(15)25-3)16(20)19-8-6-12(7-9-19)17(21)22/h4-5,10-12,18H,6-9H2,1-3H3,(H,21,22). The molecular formula is C17H24N2O6S. The highest BCUT2D eigenvalue weighted by atomic mass is 32.2. The van der Waals surface area contributed by atoms with Crippen molar-refractivity contribution in [2.24, 2.45) is 5.92 Å². The Morgan fingerprint density at radius 1 is 1.27 bits per heavy atom. The van der Waals surface area contributed by atoms with Gasteiger partial charge in [0, 0.05) is 24.7 Å². The van der Waals surface area contributed by atoms with Crippen LogP contribution < -0.4 is 9.46 Å². The second-order valence-electron chi connectivity index (χ2n) is 6.55. The number of rotatable bonds is 6. The lowest BCUT2D eigenvalue weighted by molar-refractivity contribution is -0.143. The summed E-state index contributed by atoms with van der Waals surface area (Å²) in [7, 11) is -2.47. The van der Waals surface area contributed by atoms with Crippen LogP contribution >= 0.6 is 0 Å². The van der Waals surface area contributed by atoms with Crippen molar-refractivity contribution in [1.82, 2.24) is 9.62 Å².